The molecule has 0 aliphatic carbocycles. The van der Waals surface area contributed by atoms with E-state index >= 15 is 0 Å². The highest BCUT2D eigenvalue weighted by atomic mass is 16.5. The first-order chi connectivity index (χ1) is 8.51. The molecule has 1 heterocycles. The summed E-state index contributed by atoms with van der Waals surface area (Å²) in [7, 11) is 0. The fourth-order valence-electron chi connectivity index (χ4n) is 1.91. The summed E-state index contributed by atoms with van der Waals surface area (Å²) in [6, 6.07) is 6.60. The second-order valence-corrected chi connectivity index (χ2v) is 3.91. The molecule has 0 spiro atoms. The Bertz CT molecular complexity index is 538. The topological polar surface area (TPSA) is 75.6 Å². The summed E-state index contributed by atoms with van der Waals surface area (Å²) in [6.07, 6.45) is 0. The lowest BCUT2D eigenvalue weighted by Crippen LogP contribution is -2.39. The van der Waals surface area contributed by atoms with Crippen molar-refractivity contribution in [2.24, 2.45) is 0 Å². The maximum atomic E-state index is 11.9. The zero-order valence-electron chi connectivity index (χ0n) is 9.90. The van der Waals surface area contributed by atoms with Crippen LogP contribution >= 0.6 is 0 Å². The van der Waals surface area contributed by atoms with Gasteiger partial charge in [0.05, 0.1) is 12.2 Å². The van der Waals surface area contributed by atoms with Gasteiger partial charge in [0.15, 0.2) is 0 Å². The van der Waals surface area contributed by atoms with Crippen LogP contribution in [0.1, 0.15) is 12.5 Å². The third-order valence-electron chi connectivity index (χ3n) is 2.85. The van der Waals surface area contributed by atoms with Crippen LogP contribution in [0.4, 0.5) is 5.69 Å². The van der Waals surface area contributed by atoms with Crippen LogP contribution in [0.5, 0.6) is 0 Å². The summed E-state index contributed by atoms with van der Waals surface area (Å²) in [5.74, 6) is -1.48. The Morgan fingerprint density at radius 2 is 2.17 bits per heavy atom. The molecule has 0 saturated heterocycles. The minimum absolute atomic E-state index is 0.150. The molecule has 0 bridgehead atoms. The lowest BCUT2D eigenvalue weighted by atomic mass is 9.88. The number of hydrogen-bond acceptors (Lipinski definition) is 4. The second kappa shape index (κ2) is 4.27. The maximum Gasteiger partial charge on any atom is 0.337 e. The Morgan fingerprint density at radius 3 is 2.83 bits per heavy atom. The lowest BCUT2D eigenvalue weighted by Gasteiger charge is -2.21. The van der Waals surface area contributed by atoms with Gasteiger partial charge in [0.1, 0.15) is 0 Å². The van der Waals surface area contributed by atoms with Crippen molar-refractivity contribution in [1.82, 2.24) is 0 Å². The Morgan fingerprint density at radius 1 is 1.50 bits per heavy atom. The lowest BCUT2D eigenvalue weighted by molar-refractivity contribution is -0.145. The molecule has 0 saturated carbocycles. The number of anilines is 1. The van der Waals surface area contributed by atoms with Crippen LogP contribution < -0.4 is 5.32 Å². The van der Waals surface area contributed by atoms with Crippen LogP contribution in [0.2, 0.25) is 0 Å². The van der Waals surface area contributed by atoms with Crippen LogP contribution in [-0.2, 0) is 19.9 Å². The van der Waals surface area contributed by atoms with Gasteiger partial charge in [-0.25, -0.2) is 4.79 Å². The minimum Gasteiger partial charge on any atom is -0.463 e. The number of carbonyl (C=O) groups excluding carboxylic acids is 2. The average Bonchev–Trinajstić information content (AvgIpc) is 2.62. The number of rotatable bonds is 3. The molecular weight excluding hydrogens is 234 g/mol. The molecule has 1 unspecified atom stereocenters. The van der Waals surface area contributed by atoms with E-state index in [1.54, 1.807) is 31.2 Å². The van der Waals surface area contributed by atoms with Gasteiger partial charge >= 0.3 is 5.97 Å². The van der Waals surface area contributed by atoms with Crippen LogP contribution in [0.15, 0.2) is 36.4 Å². The van der Waals surface area contributed by atoms with Crippen molar-refractivity contribution in [2.45, 2.75) is 12.5 Å². The number of amides is 1. The van der Waals surface area contributed by atoms with Gasteiger partial charge in [-0.3, -0.25) is 4.79 Å². The minimum atomic E-state index is -2.05. The first-order valence-corrected chi connectivity index (χ1v) is 5.51. The van der Waals surface area contributed by atoms with Gasteiger partial charge in [-0.2, -0.15) is 0 Å². The van der Waals surface area contributed by atoms with Gasteiger partial charge in [0.25, 0.3) is 5.91 Å². The molecule has 0 fully saturated rings. The van der Waals surface area contributed by atoms with Crippen LogP contribution in [0.25, 0.3) is 0 Å². The van der Waals surface area contributed by atoms with Crippen molar-refractivity contribution in [1.29, 1.82) is 0 Å². The highest BCUT2D eigenvalue weighted by Crippen LogP contribution is 2.40. The van der Waals surface area contributed by atoms with Gasteiger partial charge < -0.3 is 15.2 Å². The SMILES string of the molecule is C=C(C(=O)OCC)C1(O)C(=O)Nc2ccccc21. The summed E-state index contributed by atoms with van der Waals surface area (Å²) in [6.45, 7) is 5.28. The number of nitrogens with one attached hydrogen (secondary N) is 1. The molecule has 0 aromatic heterocycles. The Hall–Kier alpha value is -2.14. The van der Waals surface area contributed by atoms with E-state index < -0.39 is 17.5 Å². The van der Waals surface area contributed by atoms with Crippen LogP contribution in [0.3, 0.4) is 0 Å². The highest BCUT2D eigenvalue weighted by molar-refractivity contribution is 6.12. The molecule has 1 amide bonds. The Kier molecular flexibility index (Phi) is 2.92. The van der Waals surface area contributed by atoms with Gasteiger partial charge in [-0.1, -0.05) is 24.8 Å². The summed E-state index contributed by atoms with van der Waals surface area (Å²) < 4.78 is 4.77. The normalized spacial score (nSPS) is 21.1. The number of benzene rings is 1. The smallest absolute Gasteiger partial charge is 0.337 e. The number of esters is 1. The summed E-state index contributed by atoms with van der Waals surface area (Å²) in [5.41, 5.74) is -1.56. The molecule has 18 heavy (non-hydrogen) atoms. The van der Waals surface area contributed by atoms with Crippen molar-refractivity contribution in [3.63, 3.8) is 0 Å². The first kappa shape index (κ1) is 12.3. The molecule has 1 aromatic rings. The van der Waals surface area contributed by atoms with E-state index in [-0.39, 0.29) is 12.2 Å². The molecule has 1 aliphatic heterocycles. The third-order valence-corrected chi connectivity index (χ3v) is 2.85. The Balaban J connectivity index is 2.45. The molecule has 2 rings (SSSR count). The van der Waals surface area contributed by atoms with E-state index in [1.807, 2.05) is 0 Å². The number of aliphatic hydroxyl groups is 1. The third kappa shape index (κ3) is 1.60. The van der Waals surface area contributed by atoms with Crippen molar-refractivity contribution < 1.29 is 19.4 Å². The molecule has 1 aromatic carbocycles. The predicted molar refractivity (Wildman–Crippen MR) is 64.7 cm³/mol. The monoisotopic (exact) mass is 247 g/mol. The fraction of sp³-hybridized carbons (Fsp3) is 0.231. The molecule has 5 nitrogen and oxygen atoms in total. The maximum absolute atomic E-state index is 11.9. The molecule has 2 N–H and O–H groups in total. The van der Waals surface area contributed by atoms with Crippen LogP contribution in [0, 0.1) is 0 Å². The Labute approximate surface area is 104 Å². The van der Waals surface area contributed by atoms with E-state index in [0.29, 0.717) is 11.3 Å². The van der Waals surface area contributed by atoms with Gasteiger partial charge in [0.2, 0.25) is 5.60 Å². The number of carbonyl (C=O) groups is 2. The first-order valence-electron chi connectivity index (χ1n) is 5.51. The van der Waals surface area contributed by atoms with Gasteiger partial charge in [-0.15, -0.1) is 0 Å². The molecule has 94 valence electrons. The van der Waals surface area contributed by atoms with Crippen molar-refractivity contribution in [2.75, 3.05) is 11.9 Å². The predicted octanol–water partition coefficient (Wildman–Crippen LogP) is 0.946. The van der Waals surface area contributed by atoms with Gasteiger partial charge in [-0.05, 0) is 13.0 Å². The molecule has 1 aliphatic rings. The zero-order chi connectivity index (χ0) is 13.3. The van der Waals surface area contributed by atoms with E-state index in [9.17, 15) is 14.7 Å². The average molecular weight is 247 g/mol. The molecule has 1 atom stereocenters. The van der Waals surface area contributed by atoms with E-state index in [1.165, 1.54) is 0 Å². The van der Waals surface area contributed by atoms with E-state index in [4.69, 9.17) is 4.74 Å². The fourth-order valence-corrected chi connectivity index (χ4v) is 1.91. The molecule has 5 heteroatoms. The summed E-state index contributed by atoms with van der Waals surface area (Å²) in [4.78, 5) is 23.5. The molecule has 0 radical (unpaired) electrons. The summed E-state index contributed by atoms with van der Waals surface area (Å²) in [5, 5.41) is 13.0. The number of hydrogen-bond donors (Lipinski definition) is 2. The van der Waals surface area contributed by atoms with Crippen molar-refractivity contribution >= 4 is 17.6 Å². The standard InChI is InChI=1S/C13H13NO4/c1-3-18-11(15)8(2)13(17)9-6-4-5-7-10(9)14-12(13)16/h4-7,17H,2-3H2,1H3,(H,14,16). The van der Waals surface area contributed by atoms with E-state index in [0.717, 1.165) is 0 Å². The number of para-hydroxylation sites is 1. The van der Waals surface area contributed by atoms with E-state index in [2.05, 4.69) is 11.9 Å². The number of fused-ring (bicyclic) bond motifs is 1. The number of ether oxygens (including phenoxy) is 1. The van der Waals surface area contributed by atoms with Crippen molar-refractivity contribution in [3.8, 4) is 0 Å². The highest BCUT2D eigenvalue weighted by Gasteiger charge is 2.50. The quantitative estimate of drug-likeness (QED) is 0.616. The zero-order valence-corrected chi connectivity index (χ0v) is 9.90. The summed E-state index contributed by atoms with van der Waals surface area (Å²) >= 11 is 0. The largest absolute Gasteiger partial charge is 0.463 e. The molecular formula is C13H13NO4. The van der Waals surface area contributed by atoms with Gasteiger partial charge in [0, 0.05) is 11.3 Å². The van der Waals surface area contributed by atoms with Crippen LogP contribution in [-0.4, -0.2) is 23.6 Å². The second-order valence-electron chi connectivity index (χ2n) is 3.91. The van der Waals surface area contributed by atoms with Crippen molar-refractivity contribution in [3.05, 3.63) is 42.0 Å².